The Morgan fingerprint density at radius 1 is 1.50 bits per heavy atom. The van der Waals surface area contributed by atoms with Gasteiger partial charge in [0.25, 0.3) is 0 Å². The first-order chi connectivity index (χ1) is 9.54. The molecule has 2 rings (SSSR count). The first-order valence-electron chi connectivity index (χ1n) is 6.15. The van der Waals surface area contributed by atoms with Crippen LogP contribution in [0.5, 0.6) is 0 Å². The number of carboxylic acid groups (broad SMARTS) is 1. The Balaban J connectivity index is 2.00. The van der Waals surface area contributed by atoms with Crippen molar-refractivity contribution < 1.29 is 18.7 Å². The van der Waals surface area contributed by atoms with E-state index in [-0.39, 0.29) is 12.2 Å². The molecule has 0 radical (unpaired) electrons. The highest BCUT2D eigenvalue weighted by molar-refractivity contribution is 5.66. The average Bonchev–Trinajstić information content (AvgIpc) is 2.85. The van der Waals surface area contributed by atoms with Crippen LogP contribution < -0.4 is 0 Å². The Morgan fingerprint density at radius 3 is 3.00 bits per heavy atom. The topological polar surface area (TPSA) is 66.6 Å². The van der Waals surface area contributed by atoms with Gasteiger partial charge in [0.05, 0.1) is 19.2 Å². The molecule has 0 atom stereocenters. The lowest BCUT2D eigenvalue weighted by molar-refractivity contribution is -0.137. The van der Waals surface area contributed by atoms with Gasteiger partial charge < -0.3 is 9.52 Å². The number of nitrogens with zero attached hydrogens (tertiary/aromatic N) is 2. The quantitative estimate of drug-likeness (QED) is 0.878. The number of hydrogen-bond acceptors (Lipinski definition) is 4. The van der Waals surface area contributed by atoms with Gasteiger partial charge in [0.1, 0.15) is 5.82 Å². The Bertz CT molecular complexity index is 598. The van der Waals surface area contributed by atoms with E-state index in [1.165, 1.54) is 18.3 Å². The summed E-state index contributed by atoms with van der Waals surface area (Å²) in [6, 6.07) is 6.08. The molecule has 0 bridgehead atoms. The van der Waals surface area contributed by atoms with Gasteiger partial charge in [0, 0.05) is 12.1 Å². The molecule has 5 nitrogen and oxygen atoms in total. The zero-order chi connectivity index (χ0) is 14.5. The molecule has 0 amide bonds. The highest BCUT2D eigenvalue weighted by Gasteiger charge is 2.10. The summed E-state index contributed by atoms with van der Waals surface area (Å²) in [5.74, 6) is -0.216. The van der Waals surface area contributed by atoms with Crippen LogP contribution >= 0.6 is 0 Å². The minimum Gasteiger partial charge on any atom is -0.481 e. The molecule has 0 unspecified atom stereocenters. The second kappa shape index (κ2) is 6.29. The van der Waals surface area contributed by atoms with Gasteiger partial charge >= 0.3 is 5.97 Å². The third kappa shape index (κ3) is 3.89. The van der Waals surface area contributed by atoms with Crippen LogP contribution in [0.15, 0.2) is 34.9 Å². The fourth-order valence-electron chi connectivity index (χ4n) is 1.76. The predicted octanol–water partition coefficient (Wildman–Crippen LogP) is 2.39. The van der Waals surface area contributed by atoms with Crippen molar-refractivity contribution in [3.05, 3.63) is 42.2 Å². The fraction of sp³-hybridized carbons (Fsp3) is 0.286. The van der Waals surface area contributed by atoms with Crippen LogP contribution in [0, 0.1) is 5.82 Å². The van der Waals surface area contributed by atoms with E-state index in [4.69, 9.17) is 9.52 Å². The molecule has 0 fully saturated rings. The van der Waals surface area contributed by atoms with Crippen molar-refractivity contribution in [1.29, 1.82) is 0 Å². The molecule has 0 aliphatic carbocycles. The van der Waals surface area contributed by atoms with E-state index in [2.05, 4.69) is 4.98 Å². The van der Waals surface area contributed by atoms with E-state index in [1.807, 2.05) is 0 Å². The molecular weight excluding hydrogens is 263 g/mol. The number of hydrogen-bond donors (Lipinski definition) is 1. The van der Waals surface area contributed by atoms with E-state index in [0.717, 1.165) is 0 Å². The molecule has 0 spiro atoms. The number of carbonyl (C=O) groups is 1. The van der Waals surface area contributed by atoms with Gasteiger partial charge in [0.15, 0.2) is 5.76 Å². The lowest BCUT2D eigenvalue weighted by Gasteiger charge is -2.12. The normalized spacial score (nSPS) is 10.9. The molecule has 1 heterocycles. The van der Waals surface area contributed by atoms with E-state index in [0.29, 0.717) is 30.3 Å². The summed E-state index contributed by atoms with van der Waals surface area (Å²) in [7, 11) is 1.79. The second-order valence-corrected chi connectivity index (χ2v) is 4.51. The van der Waals surface area contributed by atoms with Crippen molar-refractivity contribution in [3.8, 4) is 11.3 Å². The number of oxazole rings is 1. The highest BCUT2D eigenvalue weighted by atomic mass is 19.1. The zero-order valence-electron chi connectivity index (χ0n) is 11.0. The summed E-state index contributed by atoms with van der Waals surface area (Å²) in [6.07, 6.45) is 1.60. The maximum Gasteiger partial charge on any atom is 0.304 e. The van der Waals surface area contributed by atoms with Gasteiger partial charge in [-0.2, -0.15) is 0 Å². The first kappa shape index (κ1) is 14.2. The standard InChI is InChI=1S/C14H15FN2O3/c1-17(6-5-14(18)19)9-13-16-8-12(20-13)10-3-2-4-11(15)7-10/h2-4,7-8H,5-6,9H2,1H3,(H,18,19). The second-order valence-electron chi connectivity index (χ2n) is 4.51. The smallest absolute Gasteiger partial charge is 0.304 e. The maximum atomic E-state index is 13.1. The van der Waals surface area contributed by atoms with Gasteiger partial charge in [-0.05, 0) is 19.2 Å². The lowest BCUT2D eigenvalue weighted by Crippen LogP contribution is -2.21. The van der Waals surface area contributed by atoms with E-state index in [9.17, 15) is 9.18 Å². The molecule has 1 N–H and O–H groups in total. The molecule has 0 saturated carbocycles. The molecule has 0 saturated heterocycles. The summed E-state index contributed by atoms with van der Waals surface area (Å²) >= 11 is 0. The van der Waals surface area contributed by atoms with Gasteiger partial charge in [-0.3, -0.25) is 9.69 Å². The van der Waals surface area contributed by atoms with Crippen molar-refractivity contribution in [3.63, 3.8) is 0 Å². The number of carboxylic acids is 1. The van der Waals surface area contributed by atoms with Gasteiger partial charge in [-0.25, -0.2) is 9.37 Å². The van der Waals surface area contributed by atoms with Crippen LogP contribution in [-0.2, 0) is 11.3 Å². The molecule has 0 aliphatic heterocycles. The van der Waals surface area contributed by atoms with Crippen LogP contribution in [0.4, 0.5) is 4.39 Å². The highest BCUT2D eigenvalue weighted by Crippen LogP contribution is 2.21. The fourth-order valence-corrected chi connectivity index (χ4v) is 1.76. The van der Waals surface area contributed by atoms with Crippen LogP contribution in [0.1, 0.15) is 12.3 Å². The summed E-state index contributed by atoms with van der Waals surface area (Å²) in [5.41, 5.74) is 0.622. The van der Waals surface area contributed by atoms with Gasteiger partial charge in [-0.15, -0.1) is 0 Å². The average molecular weight is 278 g/mol. The van der Waals surface area contributed by atoms with Gasteiger partial charge in [0.2, 0.25) is 5.89 Å². The Morgan fingerprint density at radius 2 is 2.30 bits per heavy atom. The monoisotopic (exact) mass is 278 g/mol. The van der Waals surface area contributed by atoms with Crippen LogP contribution in [0.2, 0.25) is 0 Å². The van der Waals surface area contributed by atoms with Crippen LogP contribution in [0.3, 0.4) is 0 Å². The Hall–Kier alpha value is -2.21. The van der Waals surface area contributed by atoms with Gasteiger partial charge in [-0.1, -0.05) is 12.1 Å². The largest absolute Gasteiger partial charge is 0.481 e. The Kier molecular flexibility index (Phi) is 4.47. The predicted molar refractivity (Wildman–Crippen MR) is 70.5 cm³/mol. The SMILES string of the molecule is CN(CCC(=O)O)Cc1ncc(-c2cccc(F)c2)o1. The van der Waals surface area contributed by atoms with Crippen molar-refractivity contribution in [2.45, 2.75) is 13.0 Å². The van der Waals surface area contributed by atoms with E-state index in [1.54, 1.807) is 24.1 Å². The molecular formula is C14H15FN2O3. The molecule has 1 aromatic heterocycles. The minimum atomic E-state index is -0.843. The number of benzene rings is 1. The van der Waals surface area contributed by atoms with Crippen LogP contribution in [-0.4, -0.2) is 34.6 Å². The minimum absolute atomic E-state index is 0.0635. The lowest BCUT2D eigenvalue weighted by atomic mass is 10.2. The molecule has 2 aromatic rings. The van der Waals surface area contributed by atoms with Crippen molar-refractivity contribution in [1.82, 2.24) is 9.88 Å². The molecule has 1 aromatic carbocycles. The molecule has 20 heavy (non-hydrogen) atoms. The first-order valence-corrected chi connectivity index (χ1v) is 6.15. The zero-order valence-corrected chi connectivity index (χ0v) is 11.0. The van der Waals surface area contributed by atoms with Crippen LogP contribution in [0.25, 0.3) is 11.3 Å². The van der Waals surface area contributed by atoms with Crippen molar-refractivity contribution >= 4 is 5.97 Å². The summed E-state index contributed by atoms with van der Waals surface area (Å²) in [6.45, 7) is 0.815. The number of aromatic nitrogens is 1. The molecule has 106 valence electrons. The number of rotatable bonds is 6. The summed E-state index contributed by atoms with van der Waals surface area (Å²) in [5, 5.41) is 8.61. The third-order valence-electron chi connectivity index (χ3n) is 2.78. The van der Waals surface area contributed by atoms with E-state index >= 15 is 0 Å². The summed E-state index contributed by atoms with van der Waals surface area (Å²) < 4.78 is 18.7. The van der Waals surface area contributed by atoms with Crippen molar-refractivity contribution in [2.75, 3.05) is 13.6 Å². The maximum absolute atomic E-state index is 13.1. The Labute approximate surface area is 115 Å². The van der Waals surface area contributed by atoms with E-state index < -0.39 is 5.97 Å². The summed E-state index contributed by atoms with van der Waals surface area (Å²) in [4.78, 5) is 16.4. The number of halogens is 1. The van der Waals surface area contributed by atoms with Crippen molar-refractivity contribution in [2.24, 2.45) is 0 Å². The molecule has 0 aliphatic rings. The third-order valence-corrected chi connectivity index (χ3v) is 2.78. The molecule has 6 heteroatoms. The number of aliphatic carboxylic acids is 1.